The van der Waals surface area contributed by atoms with Crippen LogP contribution in [0.15, 0.2) is 0 Å². The van der Waals surface area contributed by atoms with Crippen molar-refractivity contribution in [1.29, 1.82) is 0 Å². The molecule has 0 aromatic rings. The fourth-order valence-corrected chi connectivity index (χ4v) is 2.01. The van der Waals surface area contributed by atoms with Crippen LogP contribution in [0.5, 0.6) is 0 Å². The predicted molar refractivity (Wildman–Crippen MR) is 37.4 cm³/mol. The van der Waals surface area contributed by atoms with Crippen molar-refractivity contribution in [3.05, 3.63) is 0 Å². The van der Waals surface area contributed by atoms with Crippen molar-refractivity contribution in [2.75, 3.05) is 13.2 Å². The van der Waals surface area contributed by atoms with Gasteiger partial charge in [-0.2, -0.15) is 0 Å². The molecule has 2 fully saturated rings. The van der Waals surface area contributed by atoms with Crippen molar-refractivity contribution in [2.45, 2.75) is 12.8 Å². The van der Waals surface area contributed by atoms with E-state index in [1.807, 2.05) is 0 Å². The Morgan fingerprint density at radius 2 is 1.30 bits per heavy atom. The van der Waals surface area contributed by atoms with Crippen LogP contribution < -0.4 is 0 Å². The highest BCUT2D eigenvalue weighted by Crippen LogP contribution is 2.57. The van der Waals surface area contributed by atoms with Gasteiger partial charge >= 0.3 is 0 Å². The van der Waals surface area contributed by atoms with Gasteiger partial charge in [0.15, 0.2) is 0 Å². The van der Waals surface area contributed by atoms with E-state index in [2.05, 4.69) is 0 Å². The molecule has 0 amide bonds. The number of rotatable bonds is 3. The second-order valence-corrected chi connectivity index (χ2v) is 3.68. The summed E-state index contributed by atoms with van der Waals surface area (Å²) in [7, 11) is 0. The summed E-state index contributed by atoms with van der Waals surface area (Å²) in [6.07, 6.45) is 2.41. The van der Waals surface area contributed by atoms with Crippen LogP contribution in [0.1, 0.15) is 12.8 Å². The van der Waals surface area contributed by atoms with Crippen molar-refractivity contribution >= 4 is 0 Å². The first-order valence-electron chi connectivity index (χ1n) is 4.08. The Hall–Kier alpha value is -0.0800. The zero-order valence-corrected chi connectivity index (χ0v) is 6.03. The minimum atomic E-state index is 0.360. The minimum Gasteiger partial charge on any atom is -0.396 e. The number of hydrogen-bond acceptors (Lipinski definition) is 2. The molecule has 2 saturated carbocycles. The van der Waals surface area contributed by atoms with Gasteiger partial charge < -0.3 is 10.2 Å². The quantitative estimate of drug-likeness (QED) is 0.592. The van der Waals surface area contributed by atoms with Gasteiger partial charge in [-0.3, -0.25) is 0 Å². The van der Waals surface area contributed by atoms with E-state index in [9.17, 15) is 0 Å². The number of hydrogen-bond donors (Lipinski definition) is 2. The maximum atomic E-state index is 8.75. The van der Waals surface area contributed by atoms with E-state index in [1.165, 1.54) is 12.8 Å². The summed E-state index contributed by atoms with van der Waals surface area (Å²) >= 11 is 0. The highest BCUT2D eigenvalue weighted by Gasteiger charge is 2.52. The van der Waals surface area contributed by atoms with E-state index in [0.29, 0.717) is 25.0 Å². The largest absolute Gasteiger partial charge is 0.396 e. The van der Waals surface area contributed by atoms with Crippen LogP contribution in [0.2, 0.25) is 0 Å². The summed E-state index contributed by atoms with van der Waals surface area (Å²) < 4.78 is 0. The molecule has 0 saturated heterocycles. The molecule has 4 atom stereocenters. The molecule has 2 heteroatoms. The third-order valence-electron chi connectivity index (χ3n) is 2.97. The van der Waals surface area contributed by atoms with Crippen LogP contribution in [0.3, 0.4) is 0 Å². The molecule has 0 radical (unpaired) electrons. The molecule has 0 unspecified atom stereocenters. The average molecular weight is 142 g/mol. The van der Waals surface area contributed by atoms with Crippen molar-refractivity contribution in [3.8, 4) is 0 Å². The SMILES string of the molecule is OC[C@H]1C[C@H]1[C@H]1C[C@H]1CO. The van der Waals surface area contributed by atoms with Gasteiger partial charge in [-0.25, -0.2) is 0 Å². The van der Waals surface area contributed by atoms with Crippen molar-refractivity contribution in [2.24, 2.45) is 23.7 Å². The molecule has 58 valence electrons. The van der Waals surface area contributed by atoms with Gasteiger partial charge in [0, 0.05) is 13.2 Å². The van der Waals surface area contributed by atoms with Gasteiger partial charge in [-0.15, -0.1) is 0 Å². The molecule has 0 bridgehead atoms. The third-order valence-corrected chi connectivity index (χ3v) is 2.97. The van der Waals surface area contributed by atoms with Crippen LogP contribution in [0.25, 0.3) is 0 Å². The van der Waals surface area contributed by atoms with E-state index < -0.39 is 0 Å². The molecular weight excluding hydrogens is 128 g/mol. The summed E-state index contributed by atoms with van der Waals surface area (Å²) in [4.78, 5) is 0. The first-order chi connectivity index (χ1) is 4.86. The molecular formula is C8H14O2. The molecule has 2 rings (SSSR count). The molecule has 0 aromatic heterocycles. The van der Waals surface area contributed by atoms with Gasteiger partial charge in [0.2, 0.25) is 0 Å². The van der Waals surface area contributed by atoms with E-state index >= 15 is 0 Å². The Bertz CT molecular complexity index is 119. The Kier molecular flexibility index (Phi) is 1.46. The molecule has 0 aliphatic heterocycles. The van der Waals surface area contributed by atoms with Crippen molar-refractivity contribution in [3.63, 3.8) is 0 Å². The zero-order chi connectivity index (χ0) is 7.14. The monoisotopic (exact) mass is 142 g/mol. The lowest BCUT2D eigenvalue weighted by atomic mass is 10.2. The second-order valence-electron chi connectivity index (χ2n) is 3.68. The molecule has 10 heavy (non-hydrogen) atoms. The first-order valence-corrected chi connectivity index (χ1v) is 4.08. The summed E-state index contributed by atoms with van der Waals surface area (Å²) in [5.41, 5.74) is 0. The maximum absolute atomic E-state index is 8.75. The van der Waals surface area contributed by atoms with E-state index in [0.717, 1.165) is 11.8 Å². The molecule has 2 aliphatic carbocycles. The van der Waals surface area contributed by atoms with Crippen molar-refractivity contribution in [1.82, 2.24) is 0 Å². The molecule has 2 aliphatic rings. The van der Waals surface area contributed by atoms with Crippen LogP contribution in [-0.2, 0) is 0 Å². The Labute approximate surface area is 60.9 Å². The molecule has 0 aromatic carbocycles. The van der Waals surface area contributed by atoms with Crippen LogP contribution in [-0.4, -0.2) is 23.4 Å². The lowest BCUT2D eigenvalue weighted by Crippen LogP contribution is -1.94. The highest BCUT2D eigenvalue weighted by atomic mass is 16.3. The van der Waals surface area contributed by atoms with Gasteiger partial charge in [0.05, 0.1) is 0 Å². The van der Waals surface area contributed by atoms with Crippen LogP contribution in [0, 0.1) is 23.7 Å². The Morgan fingerprint density at radius 3 is 1.50 bits per heavy atom. The van der Waals surface area contributed by atoms with Crippen molar-refractivity contribution < 1.29 is 10.2 Å². The zero-order valence-electron chi connectivity index (χ0n) is 6.03. The molecule has 0 heterocycles. The van der Waals surface area contributed by atoms with E-state index in [4.69, 9.17) is 10.2 Å². The number of aliphatic hydroxyl groups excluding tert-OH is 2. The summed E-state index contributed by atoms with van der Waals surface area (Å²) in [6, 6.07) is 0. The van der Waals surface area contributed by atoms with Crippen LogP contribution >= 0.6 is 0 Å². The molecule has 0 spiro atoms. The Balaban J connectivity index is 1.74. The topological polar surface area (TPSA) is 40.5 Å². The van der Waals surface area contributed by atoms with Gasteiger partial charge in [-0.1, -0.05) is 0 Å². The van der Waals surface area contributed by atoms with E-state index in [-0.39, 0.29) is 0 Å². The fraction of sp³-hybridized carbons (Fsp3) is 1.00. The van der Waals surface area contributed by atoms with Gasteiger partial charge in [-0.05, 0) is 36.5 Å². The Morgan fingerprint density at radius 1 is 0.900 bits per heavy atom. The van der Waals surface area contributed by atoms with Gasteiger partial charge in [0.1, 0.15) is 0 Å². The normalized spacial score (nSPS) is 51.0. The summed E-state index contributed by atoms with van der Waals surface area (Å²) in [6.45, 7) is 0.721. The predicted octanol–water partition coefficient (Wildman–Crippen LogP) is 0.243. The average Bonchev–Trinajstić information content (AvgIpc) is 2.83. The smallest absolute Gasteiger partial charge is 0.0462 e. The summed E-state index contributed by atoms with van der Waals surface area (Å²) in [5, 5.41) is 17.5. The molecule has 2 N–H and O–H groups in total. The maximum Gasteiger partial charge on any atom is 0.0462 e. The molecule has 2 nitrogen and oxygen atoms in total. The standard InChI is InChI=1S/C8H14O2/c9-3-5-1-7(5)8-2-6(8)4-10/h5-10H,1-4H2/t5-,6+,7-,8+. The number of aliphatic hydroxyl groups is 2. The van der Waals surface area contributed by atoms with E-state index in [1.54, 1.807) is 0 Å². The fourth-order valence-electron chi connectivity index (χ4n) is 2.01. The summed E-state index contributed by atoms with van der Waals surface area (Å²) in [5.74, 6) is 2.70. The van der Waals surface area contributed by atoms with Crippen LogP contribution in [0.4, 0.5) is 0 Å². The lowest BCUT2D eigenvalue weighted by Gasteiger charge is -1.92. The lowest BCUT2D eigenvalue weighted by molar-refractivity contribution is 0.251. The minimum absolute atomic E-state index is 0.360. The highest BCUT2D eigenvalue weighted by molar-refractivity contribution is 5.01. The third kappa shape index (κ3) is 0.956. The second kappa shape index (κ2) is 2.21. The first kappa shape index (κ1) is 6.62. The van der Waals surface area contributed by atoms with Gasteiger partial charge in [0.25, 0.3) is 0 Å².